The van der Waals surface area contributed by atoms with E-state index in [-0.39, 0.29) is 28.7 Å². The molecule has 1 aromatic carbocycles. The molecule has 1 rings (SSSR count). The Labute approximate surface area is 120 Å². The van der Waals surface area contributed by atoms with Gasteiger partial charge in [-0.1, -0.05) is 32.4 Å². The summed E-state index contributed by atoms with van der Waals surface area (Å²) in [7, 11) is 0. The van der Waals surface area contributed by atoms with Crippen molar-refractivity contribution in [2.45, 2.75) is 20.8 Å². The maximum atomic E-state index is 11.7. The van der Waals surface area contributed by atoms with E-state index in [0.29, 0.717) is 0 Å². The van der Waals surface area contributed by atoms with E-state index in [2.05, 4.69) is 0 Å². The average Bonchev–Trinajstić information content (AvgIpc) is 2.33. The van der Waals surface area contributed by atoms with E-state index in [9.17, 15) is 19.7 Å². The van der Waals surface area contributed by atoms with Gasteiger partial charge in [-0.2, -0.15) is 0 Å². The number of rotatable bonds is 4. The van der Waals surface area contributed by atoms with Crippen molar-refractivity contribution in [1.29, 1.82) is 0 Å². The SMILES string of the molecule is CC(C)(C)C(=O)COC(=O)c1ccc([N+](=O)[O-])cc1Cl. The summed E-state index contributed by atoms with van der Waals surface area (Å²) in [6.45, 7) is 4.77. The van der Waals surface area contributed by atoms with Gasteiger partial charge in [-0.25, -0.2) is 4.79 Å². The largest absolute Gasteiger partial charge is 0.454 e. The van der Waals surface area contributed by atoms with E-state index >= 15 is 0 Å². The van der Waals surface area contributed by atoms with Crippen molar-refractivity contribution in [1.82, 2.24) is 0 Å². The van der Waals surface area contributed by atoms with E-state index in [4.69, 9.17) is 16.3 Å². The van der Waals surface area contributed by atoms with Gasteiger partial charge in [0.05, 0.1) is 15.5 Å². The average molecular weight is 300 g/mol. The van der Waals surface area contributed by atoms with E-state index in [1.807, 2.05) is 0 Å². The zero-order valence-corrected chi connectivity index (χ0v) is 12.1. The van der Waals surface area contributed by atoms with Gasteiger partial charge in [0.2, 0.25) is 0 Å². The highest BCUT2D eigenvalue weighted by molar-refractivity contribution is 6.33. The van der Waals surface area contributed by atoms with Gasteiger partial charge in [-0.15, -0.1) is 0 Å². The maximum Gasteiger partial charge on any atom is 0.340 e. The fraction of sp³-hybridized carbons (Fsp3) is 0.385. The number of carbonyl (C=O) groups is 2. The molecule has 0 bridgehead atoms. The van der Waals surface area contributed by atoms with Gasteiger partial charge >= 0.3 is 5.97 Å². The number of hydrogen-bond donors (Lipinski definition) is 0. The monoisotopic (exact) mass is 299 g/mol. The topological polar surface area (TPSA) is 86.5 Å². The summed E-state index contributed by atoms with van der Waals surface area (Å²) >= 11 is 5.78. The number of Topliss-reactive ketones (excluding diaryl/α,β-unsaturated/α-hetero) is 1. The van der Waals surface area contributed by atoms with Crippen LogP contribution >= 0.6 is 11.6 Å². The lowest BCUT2D eigenvalue weighted by atomic mass is 9.91. The van der Waals surface area contributed by atoms with Gasteiger partial charge in [0.15, 0.2) is 12.4 Å². The normalized spacial score (nSPS) is 11.0. The van der Waals surface area contributed by atoms with Crippen LogP contribution in [0.25, 0.3) is 0 Å². The summed E-state index contributed by atoms with van der Waals surface area (Å²) in [6.07, 6.45) is 0. The van der Waals surface area contributed by atoms with Crippen molar-refractivity contribution in [2.75, 3.05) is 6.61 Å². The minimum absolute atomic E-state index is 0.0148. The Balaban J connectivity index is 2.79. The zero-order chi connectivity index (χ0) is 15.5. The summed E-state index contributed by atoms with van der Waals surface area (Å²) in [6, 6.07) is 3.40. The van der Waals surface area contributed by atoms with Crippen molar-refractivity contribution in [3.63, 3.8) is 0 Å². The standard InChI is InChI=1S/C13H14ClNO5/c1-13(2,3)11(16)7-20-12(17)9-5-4-8(15(18)19)6-10(9)14/h4-6H,7H2,1-3H3. The molecule has 1 aromatic rings. The quantitative estimate of drug-likeness (QED) is 0.484. The first-order valence-electron chi connectivity index (χ1n) is 5.77. The summed E-state index contributed by atoms with van der Waals surface area (Å²) < 4.78 is 4.85. The van der Waals surface area contributed by atoms with Crippen molar-refractivity contribution in [3.8, 4) is 0 Å². The molecule has 20 heavy (non-hydrogen) atoms. The zero-order valence-electron chi connectivity index (χ0n) is 11.3. The maximum absolute atomic E-state index is 11.7. The van der Waals surface area contributed by atoms with Crippen LogP contribution in [0.5, 0.6) is 0 Å². The Morgan fingerprint density at radius 2 is 1.95 bits per heavy atom. The van der Waals surface area contributed by atoms with Crippen LogP contribution in [0.3, 0.4) is 0 Å². The Kier molecular flexibility index (Phi) is 4.83. The lowest BCUT2D eigenvalue weighted by Gasteiger charge is -2.16. The fourth-order valence-corrected chi connectivity index (χ4v) is 1.46. The molecule has 0 unspecified atom stereocenters. The second kappa shape index (κ2) is 6.00. The predicted molar refractivity (Wildman–Crippen MR) is 72.9 cm³/mol. The van der Waals surface area contributed by atoms with Crippen LogP contribution in [0.4, 0.5) is 5.69 Å². The molecule has 0 aliphatic rings. The molecule has 0 saturated carbocycles. The Morgan fingerprint density at radius 1 is 1.35 bits per heavy atom. The molecular formula is C13H14ClNO5. The summed E-state index contributed by atoms with van der Waals surface area (Å²) in [4.78, 5) is 33.3. The summed E-state index contributed by atoms with van der Waals surface area (Å²) in [5, 5.41) is 10.5. The van der Waals surface area contributed by atoms with Crippen molar-refractivity contribution in [2.24, 2.45) is 5.41 Å². The fourth-order valence-electron chi connectivity index (χ4n) is 1.21. The molecule has 6 nitrogen and oxygen atoms in total. The predicted octanol–water partition coefficient (Wildman–Crippen LogP) is 3.02. The molecular weight excluding hydrogens is 286 g/mol. The smallest absolute Gasteiger partial charge is 0.340 e. The molecule has 0 spiro atoms. The second-order valence-corrected chi connectivity index (χ2v) is 5.58. The Bertz CT molecular complexity index is 562. The van der Waals surface area contributed by atoms with Crippen molar-refractivity contribution >= 4 is 29.0 Å². The third-order valence-electron chi connectivity index (χ3n) is 2.55. The van der Waals surface area contributed by atoms with Crippen LogP contribution in [-0.4, -0.2) is 23.3 Å². The highest BCUT2D eigenvalue weighted by atomic mass is 35.5. The van der Waals surface area contributed by atoms with Gasteiger partial charge in [0.1, 0.15) is 0 Å². The number of non-ortho nitro benzene ring substituents is 1. The molecule has 0 aromatic heterocycles. The first kappa shape index (κ1) is 16.1. The van der Waals surface area contributed by atoms with Crippen LogP contribution in [-0.2, 0) is 9.53 Å². The number of carbonyl (C=O) groups excluding carboxylic acids is 2. The molecule has 0 amide bonds. The molecule has 0 N–H and O–H groups in total. The van der Waals surface area contributed by atoms with E-state index in [0.717, 1.165) is 12.1 Å². The Hall–Kier alpha value is -1.95. The molecule has 0 saturated heterocycles. The van der Waals surface area contributed by atoms with E-state index in [1.54, 1.807) is 20.8 Å². The second-order valence-electron chi connectivity index (χ2n) is 5.17. The minimum atomic E-state index is -0.789. The summed E-state index contributed by atoms with van der Waals surface area (Å²) in [5.74, 6) is -1.02. The number of nitro benzene ring substituents is 1. The first-order chi connectivity index (χ1) is 9.12. The van der Waals surface area contributed by atoms with Crippen LogP contribution in [0.2, 0.25) is 5.02 Å². The lowest BCUT2D eigenvalue weighted by Crippen LogP contribution is -2.26. The van der Waals surface area contributed by atoms with E-state index < -0.39 is 16.3 Å². The third-order valence-corrected chi connectivity index (χ3v) is 2.87. The minimum Gasteiger partial charge on any atom is -0.454 e. The van der Waals surface area contributed by atoms with Crippen LogP contribution in [0.1, 0.15) is 31.1 Å². The van der Waals surface area contributed by atoms with E-state index in [1.165, 1.54) is 6.07 Å². The number of benzene rings is 1. The third kappa shape index (κ3) is 4.03. The van der Waals surface area contributed by atoms with Crippen molar-refractivity contribution in [3.05, 3.63) is 38.9 Å². The molecule has 0 aliphatic carbocycles. The number of esters is 1. The highest BCUT2D eigenvalue weighted by Crippen LogP contribution is 2.23. The molecule has 0 aliphatic heterocycles. The highest BCUT2D eigenvalue weighted by Gasteiger charge is 2.23. The van der Waals surface area contributed by atoms with Gasteiger partial charge < -0.3 is 4.74 Å². The number of ether oxygens (including phenoxy) is 1. The molecule has 108 valence electrons. The van der Waals surface area contributed by atoms with Crippen LogP contribution < -0.4 is 0 Å². The van der Waals surface area contributed by atoms with Crippen LogP contribution in [0, 0.1) is 15.5 Å². The first-order valence-corrected chi connectivity index (χ1v) is 6.15. The Morgan fingerprint density at radius 3 is 2.40 bits per heavy atom. The van der Waals surface area contributed by atoms with Crippen molar-refractivity contribution < 1.29 is 19.2 Å². The number of nitrogens with zero attached hydrogens (tertiary/aromatic N) is 1. The van der Waals surface area contributed by atoms with Crippen LogP contribution in [0.15, 0.2) is 18.2 Å². The number of nitro groups is 1. The number of ketones is 1. The molecule has 7 heteroatoms. The lowest BCUT2D eigenvalue weighted by molar-refractivity contribution is -0.384. The molecule has 0 fully saturated rings. The molecule has 0 atom stereocenters. The van der Waals surface area contributed by atoms with Gasteiger partial charge in [-0.05, 0) is 6.07 Å². The molecule has 0 heterocycles. The van der Waals surface area contributed by atoms with Gasteiger partial charge in [0.25, 0.3) is 5.69 Å². The summed E-state index contributed by atoms with van der Waals surface area (Å²) in [5.41, 5.74) is -0.851. The number of hydrogen-bond acceptors (Lipinski definition) is 5. The van der Waals surface area contributed by atoms with Gasteiger partial charge in [0, 0.05) is 17.5 Å². The number of halogens is 1. The molecule has 0 radical (unpaired) electrons. The van der Waals surface area contributed by atoms with Gasteiger partial charge in [-0.3, -0.25) is 14.9 Å².